The molecule has 1 atom stereocenters. The van der Waals surface area contributed by atoms with Crippen LogP contribution in [0.1, 0.15) is 19.4 Å². The molecule has 0 radical (unpaired) electrons. The first-order valence-electron chi connectivity index (χ1n) is 6.37. The standard InChI is InChI=1S/C14H17N3O3/c1-8(2)12-9-5-3-4-6-10(9)17(7-11(18)19)14(20)13(15)16-12/h3-6,8,13H,7,15H2,1-2H3,(H,18,19). The number of hydrogen-bond donors (Lipinski definition) is 2. The van der Waals surface area contributed by atoms with Gasteiger partial charge in [0.05, 0.1) is 5.69 Å². The summed E-state index contributed by atoms with van der Waals surface area (Å²) >= 11 is 0. The first-order chi connectivity index (χ1) is 9.41. The molecule has 1 aromatic rings. The lowest BCUT2D eigenvalue weighted by Crippen LogP contribution is -2.44. The summed E-state index contributed by atoms with van der Waals surface area (Å²) in [6.07, 6.45) is -1.07. The van der Waals surface area contributed by atoms with Crippen LogP contribution in [-0.2, 0) is 9.59 Å². The van der Waals surface area contributed by atoms with E-state index in [1.54, 1.807) is 12.1 Å². The fourth-order valence-electron chi connectivity index (χ4n) is 2.24. The number of benzene rings is 1. The number of nitrogens with zero attached hydrogens (tertiary/aromatic N) is 2. The Bertz CT molecular complexity index is 581. The molecule has 1 unspecified atom stereocenters. The smallest absolute Gasteiger partial charge is 0.323 e. The minimum Gasteiger partial charge on any atom is -0.480 e. The van der Waals surface area contributed by atoms with Gasteiger partial charge in [0.15, 0.2) is 6.17 Å². The summed E-state index contributed by atoms with van der Waals surface area (Å²) in [5.74, 6) is -1.51. The Labute approximate surface area is 116 Å². The summed E-state index contributed by atoms with van der Waals surface area (Å²) in [4.78, 5) is 28.7. The molecule has 0 saturated carbocycles. The minimum atomic E-state index is -1.09. The number of benzodiazepines with no additional fused rings is 1. The van der Waals surface area contributed by atoms with Gasteiger partial charge in [-0.15, -0.1) is 0 Å². The molecule has 3 N–H and O–H groups in total. The molecular weight excluding hydrogens is 258 g/mol. The maximum atomic E-state index is 12.2. The molecule has 0 spiro atoms. The zero-order chi connectivity index (χ0) is 14.9. The van der Waals surface area contributed by atoms with Crippen LogP contribution in [0.4, 0.5) is 5.69 Å². The number of anilines is 1. The highest BCUT2D eigenvalue weighted by atomic mass is 16.4. The maximum Gasteiger partial charge on any atom is 0.323 e. The number of rotatable bonds is 3. The normalized spacial score (nSPS) is 18.6. The first-order valence-corrected chi connectivity index (χ1v) is 6.37. The van der Waals surface area contributed by atoms with Crippen LogP contribution >= 0.6 is 0 Å². The van der Waals surface area contributed by atoms with Gasteiger partial charge in [0, 0.05) is 11.3 Å². The summed E-state index contributed by atoms with van der Waals surface area (Å²) in [7, 11) is 0. The monoisotopic (exact) mass is 275 g/mol. The van der Waals surface area contributed by atoms with E-state index < -0.39 is 24.6 Å². The van der Waals surface area contributed by atoms with E-state index in [1.165, 1.54) is 4.90 Å². The van der Waals surface area contributed by atoms with Crippen LogP contribution in [0.5, 0.6) is 0 Å². The van der Waals surface area contributed by atoms with E-state index in [1.807, 2.05) is 26.0 Å². The second-order valence-corrected chi connectivity index (χ2v) is 4.95. The quantitative estimate of drug-likeness (QED) is 0.854. The number of para-hydroxylation sites is 1. The van der Waals surface area contributed by atoms with Crippen molar-refractivity contribution in [2.24, 2.45) is 16.6 Å². The lowest BCUT2D eigenvalue weighted by atomic mass is 9.98. The van der Waals surface area contributed by atoms with E-state index in [0.717, 1.165) is 5.56 Å². The van der Waals surface area contributed by atoms with Gasteiger partial charge in [-0.25, -0.2) is 0 Å². The molecule has 0 bridgehead atoms. The van der Waals surface area contributed by atoms with Crippen LogP contribution in [0, 0.1) is 5.92 Å². The predicted molar refractivity (Wildman–Crippen MR) is 75.8 cm³/mol. The Morgan fingerprint density at radius 3 is 2.70 bits per heavy atom. The minimum absolute atomic E-state index is 0.0831. The van der Waals surface area contributed by atoms with Crippen molar-refractivity contribution < 1.29 is 14.7 Å². The number of aliphatic imine (C=N–C) groups is 1. The van der Waals surface area contributed by atoms with E-state index >= 15 is 0 Å². The van der Waals surface area contributed by atoms with Crippen LogP contribution in [0.25, 0.3) is 0 Å². The van der Waals surface area contributed by atoms with E-state index in [0.29, 0.717) is 11.4 Å². The summed E-state index contributed by atoms with van der Waals surface area (Å²) < 4.78 is 0. The van der Waals surface area contributed by atoms with Gasteiger partial charge < -0.3 is 10.8 Å². The molecule has 20 heavy (non-hydrogen) atoms. The SMILES string of the molecule is CC(C)C1=NC(N)C(=O)N(CC(=O)O)c2ccccc21. The van der Waals surface area contributed by atoms with Crippen molar-refractivity contribution >= 4 is 23.3 Å². The zero-order valence-corrected chi connectivity index (χ0v) is 11.4. The molecule has 0 aromatic heterocycles. The molecule has 1 aromatic carbocycles. The second-order valence-electron chi connectivity index (χ2n) is 4.95. The summed E-state index contributed by atoms with van der Waals surface area (Å²) in [5, 5.41) is 8.99. The summed E-state index contributed by atoms with van der Waals surface area (Å²) in [6, 6.07) is 7.13. The van der Waals surface area contributed by atoms with Crippen LogP contribution in [0.3, 0.4) is 0 Å². The lowest BCUT2D eigenvalue weighted by molar-refractivity contribution is -0.136. The van der Waals surface area contributed by atoms with E-state index in [9.17, 15) is 9.59 Å². The number of hydrogen-bond acceptors (Lipinski definition) is 4. The van der Waals surface area contributed by atoms with Crippen LogP contribution in [-0.4, -0.2) is 35.4 Å². The Balaban J connectivity index is 2.61. The fraction of sp³-hybridized carbons (Fsp3) is 0.357. The Hall–Kier alpha value is -2.21. The Morgan fingerprint density at radius 1 is 1.45 bits per heavy atom. The second kappa shape index (κ2) is 5.42. The molecule has 0 fully saturated rings. The predicted octanol–water partition coefficient (Wildman–Crippen LogP) is 0.848. The molecule has 1 aliphatic rings. The summed E-state index contributed by atoms with van der Waals surface area (Å²) in [5.41, 5.74) is 7.79. The van der Waals surface area contributed by atoms with E-state index in [2.05, 4.69) is 4.99 Å². The number of aliphatic carboxylic acids is 1. The molecule has 1 amide bonds. The Morgan fingerprint density at radius 2 is 2.10 bits per heavy atom. The molecule has 0 aliphatic carbocycles. The molecule has 2 rings (SSSR count). The van der Waals surface area contributed by atoms with Crippen molar-refractivity contribution in [2.45, 2.75) is 20.0 Å². The van der Waals surface area contributed by atoms with Gasteiger partial charge in [-0.3, -0.25) is 19.5 Å². The number of amides is 1. The van der Waals surface area contributed by atoms with Gasteiger partial charge in [-0.2, -0.15) is 0 Å². The molecule has 6 heteroatoms. The van der Waals surface area contributed by atoms with E-state index in [-0.39, 0.29) is 5.92 Å². The average Bonchev–Trinajstić information content (AvgIpc) is 2.49. The third-order valence-corrected chi connectivity index (χ3v) is 3.11. The van der Waals surface area contributed by atoms with Crippen molar-refractivity contribution in [1.29, 1.82) is 0 Å². The number of carbonyl (C=O) groups is 2. The van der Waals surface area contributed by atoms with Crippen molar-refractivity contribution in [1.82, 2.24) is 0 Å². The average molecular weight is 275 g/mol. The van der Waals surface area contributed by atoms with Gasteiger partial charge in [-0.1, -0.05) is 32.0 Å². The van der Waals surface area contributed by atoms with Crippen LogP contribution in [0.15, 0.2) is 29.3 Å². The Kier molecular flexibility index (Phi) is 3.85. The van der Waals surface area contributed by atoms with Gasteiger partial charge in [-0.05, 0) is 12.0 Å². The zero-order valence-electron chi connectivity index (χ0n) is 11.4. The third kappa shape index (κ3) is 2.55. The fourth-order valence-corrected chi connectivity index (χ4v) is 2.24. The molecule has 106 valence electrons. The highest BCUT2D eigenvalue weighted by Crippen LogP contribution is 2.27. The number of carbonyl (C=O) groups excluding carboxylic acids is 1. The van der Waals surface area contributed by atoms with Gasteiger partial charge in [0.1, 0.15) is 6.54 Å². The number of carboxylic acid groups (broad SMARTS) is 1. The highest BCUT2D eigenvalue weighted by molar-refractivity contribution is 6.14. The van der Waals surface area contributed by atoms with Gasteiger partial charge in [0.2, 0.25) is 0 Å². The van der Waals surface area contributed by atoms with Gasteiger partial charge >= 0.3 is 5.97 Å². The number of carboxylic acids is 1. The van der Waals surface area contributed by atoms with E-state index in [4.69, 9.17) is 10.8 Å². The van der Waals surface area contributed by atoms with Crippen molar-refractivity contribution in [3.8, 4) is 0 Å². The highest BCUT2D eigenvalue weighted by Gasteiger charge is 2.31. The topological polar surface area (TPSA) is 96.0 Å². The van der Waals surface area contributed by atoms with Crippen molar-refractivity contribution in [2.75, 3.05) is 11.4 Å². The lowest BCUT2D eigenvalue weighted by Gasteiger charge is -2.22. The molecule has 1 heterocycles. The third-order valence-electron chi connectivity index (χ3n) is 3.11. The van der Waals surface area contributed by atoms with Crippen molar-refractivity contribution in [3.63, 3.8) is 0 Å². The van der Waals surface area contributed by atoms with Crippen molar-refractivity contribution in [3.05, 3.63) is 29.8 Å². The number of fused-ring (bicyclic) bond motifs is 1. The first kappa shape index (κ1) is 14.2. The maximum absolute atomic E-state index is 12.2. The molecule has 6 nitrogen and oxygen atoms in total. The molecule has 0 saturated heterocycles. The number of nitrogens with two attached hydrogens (primary N) is 1. The molecule has 1 aliphatic heterocycles. The van der Waals surface area contributed by atoms with Crippen LogP contribution < -0.4 is 10.6 Å². The molecular formula is C14H17N3O3. The summed E-state index contributed by atoms with van der Waals surface area (Å²) in [6.45, 7) is 3.49. The van der Waals surface area contributed by atoms with Crippen LogP contribution in [0.2, 0.25) is 0 Å². The largest absolute Gasteiger partial charge is 0.480 e. The van der Waals surface area contributed by atoms with Gasteiger partial charge in [0.25, 0.3) is 5.91 Å².